The Bertz CT molecular complexity index is 232. The normalized spacial score (nSPS) is 11.9. The van der Waals surface area contributed by atoms with Crippen LogP contribution in [-0.4, -0.2) is 24.6 Å². The number of amides is 2. The number of nitrogens with one attached hydrogen (secondary N) is 1. The molecule has 0 fully saturated rings. The molecular formula is C12H24N2O3. The number of rotatable bonds is 9. The molecule has 2 amide bonds. The Morgan fingerprint density at radius 1 is 1.24 bits per heavy atom. The van der Waals surface area contributed by atoms with Crippen LogP contribution in [0.1, 0.15) is 52.4 Å². The Balaban J connectivity index is 3.76. The lowest BCUT2D eigenvalue weighted by Gasteiger charge is -2.16. The van der Waals surface area contributed by atoms with Crippen molar-refractivity contribution < 1.29 is 14.3 Å². The minimum atomic E-state index is -0.514. The molecule has 0 aromatic heterocycles. The monoisotopic (exact) mass is 244 g/mol. The molecule has 0 aliphatic heterocycles. The number of esters is 1. The average Bonchev–Trinajstić information content (AvgIpc) is 2.23. The largest absolute Gasteiger partial charge is 0.463 e. The van der Waals surface area contributed by atoms with Crippen LogP contribution in [-0.2, 0) is 9.53 Å². The molecule has 0 spiro atoms. The average molecular weight is 244 g/mol. The van der Waals surface area contributed by atoms with E-state index in [9.17, 15) is 9.59 Å². The van der Waals surface area contributed by atoms with Crippen LogP contribution in [0, 0.1) is 0 Å². The minimum Gasteiger partial charge on any atom is -0.463 e. The van der Waals surface area contributed by atoms with E-state index in [1.807, 2.05) is 0 Å². The van der Waals surface area contributed by atoms with E-state index in [1.165, 1.54) is 6.92 Å². The molecule has 1 atom stereocenters. The van der Waals surface area contributed by atoms with Gasteiger partial charge in [0, 0.05) is 13.5 Å². The molecule has 0 aliphatic rings. The van der Waals surface area contributed by atoms with Gasteiger partial charge in [0.2, 0.25) is 0 Å². The zero-order valence-corrected chi connectivity index (χ0v) is 10.8. The van der Waals surface area contributed by atoms with Gasteiger partial charge in [0.15, 0.2) is 0 Å². The lowest BCUT2D eigenvalue weighted by atomic mass is 10.1. The topological polar surface area (TPSA) is 81.4 Å². The quantitative estimate of drug-likeness (QED) is 0.480. The number of carbonyl (C=O) groups excluding carboxylic acids is 2. The van der Waals surface area contributed by atoms with E-state index < -0.39 is 6.03 Å². The van der Waals surface area contributed by atoms with Crippen LogP contribution >= 0.6 is 0 Å². The number of unbranched alkanes of at least 4 members (excludes halogenated alkanes) is 2. The summed E-state index contributed by atoms with van der Waals surface area (Å²) in [6.07, 6.45) is 5.76. The minimum absolute atomic E-state index is 0.0336. The zero-order chi connectivity index (χ0) is 13.1. The first kappa shape index (κ1) is 15.7. The summed E-state index contributed by atoms with van der Waals surface area (Å²) in [5, 5.41) is 2.52. The summed E-state index contributed by atoms with van der Waals surface area (Å²) >= 11 is 0. The van der Waals surface area contributed by atoms with Crippen LogP contribution in [0.2, 0.25) is 0 Å². The Morgan fingerprint density at radius 3 is 2.41 bits per heavy atom. The van der Waals surface area contributed by atoms with E-state index in [2.05, 4.69) is 12.2 Å². The summed E-state index contributed by atoms with van der Waals surface area (Å²) in [6, 6.07) is -0.514. The van der Waals surface area contributed by atoms with Crippen LogP contribution < -0.4 is 11.1 Å². The van der Waals surface area contributed by atoms with Gasteiger partial charge in [-0.25, -0.2) is 4.79 Å². The maximum absolute atomic E-state index is 10.9. The third-order valence-electron chi connectivity index (χ3n) is 2.46. The summed E-state index contributed by atoms with van der Waals surface area (Å²) < 4.78 is 5.22. The maximum atomic E-state index is 10.9. The fourth-order valence-electron chi connectivity index (χ4n) is 1.66. The summed E-state index contributed by atoms with van der Waals surface area (Å²) in [5.74, 6) is -0.241. The lowest BCUT2D eigenvalue weighted by Crippen LogP contribution is -2.30. The number of hydrogen-bond donors (Lipinski definition) is 2. The van der Waals surface area contributed by atoms with Crippen LogP contribution in [0.5, 0.6) is 0 Å². The molecule has 17 heavy (non-hydrogen) atoms. The molecule has 5 nitrogen and oxygen atoms in total. The Hall–Kier alpha value is -1.26. The highest BCUT2D eigenvalue weighted by Gasteiger charge is 2.11. The summed E-state index contributed by atoms with van der Waals surface area (Å²) in [4.78, 5) is 21.4. The summed E-state index contributed by atoms with van der Waals surface area (Å²) in [6.45, 7) is 4.09. The van der Waals surface area contributed by atoms with Crippen molar-refractivity contribution in [3.05, 3.63) is 0 Å². The molecule has 0 saturated carbocycles. The van der Waals surface area contributed by atoms with Crippen molar-refractivity contribution in [2.24, 2.45) is 5.73 Å². The van der Waals surface area contributed by atoms with Gasteiger partial charge < -0.3 is 15.8 Å². The fraction of sp³-hybridized carbons (Fsp3) is 0.833. The van der Waals surface area contributed by atoms with Crippen molar-refractivity contribution in [1.82, 2.24) is 5.32 Å². The predicted molar refractivity (Wildman–Crippen MR) is 66.5 cm³/mol. The van der Waals surface area contributed by atoms with Crippen molar-refractivity contribution >= 4 is 12.0 Å². The Morgan fingerprint density at radius 2 is 1.88 bits per heavy atom. The number of carbonyl (C=O) groups is 2. The van der Waals surface area contributed by atoms with Crippen LogP contribution in [0.3, 0.4) is 0 Å². The van der Waals surface area contributed by atoms with E-state index in [1.54, 1.807) is 0 Å². The third kappa shape index (κ3) is 11.0. The Kier molecular flexibility index (Phi) is 9.19. The number of hydrogen-bond acceptors (Lipinski definition) is 3. The van der Waals surface area contributed by atoms with Crippen molar-refractivity contribution in [1.29, 1.82) is 0 Å². The lowest BCUT2D eigenvalue weighted by molar-refractivity contribution is -0.147. The van der Waals surface area contributed by atoms with Crippen molar-refractivity contribution in [3.8, 4) is 0 Å². The first-order valence-corrected chi connectivity index (χ1v) is 6.26. The van der Waals surface area contributed by atoms with Crippen LogP contribution in [0.4, 0.5) is 4.79 Å². The van der Waals surface area contributed by atoms with Crippen molar-refractivity contribution in [2.75, 3.05) is 6.54 Å². The molecule has 0 aliphatic carbocycles. The van der Waals surface area contributed by atoms with E-state index in [0.29, 0.717) is 6.54 Å². The van der Waals surface area contributed by atoms with Crippen LogP contribution in [0.15, 0.2) is 0 Å². The molecule has 100 valence electrons. The van der Waals surface area contributed by atoms with Crippen molar-refractivity contribution in [2.45, 2.75) is 58.5 Å². The van der Waals surface area contributed by atoms with Gasteiger partial charge in [-0.05, 0) is 25.7 Å². The van der Waals surface area contributed by atoms with E-state index >= 15 is 0 Å². The molecule has 1 unspecified atom stereocenters. The second-order valence-corrected chi connectivity index (χ2v) is 4.16. The molecule has 0 rings (SSSR count). The van der Waals surface area contributed by atoms with Crippen molar-refractivity contribution in [3.63, 3.8) is 0 Å². The van der Waals surface area contributed by atoms with Gasteiger partial charge in [0.05, 0.1) is 0 Å². The summed E-state index contributed by atoms with van der Waals surface area (Å²) in [5.41, 5.74) is 4.95. The molecule has 0 bridgehead atoms. The van der Waals surface area contributed by atoms with Gasteiger partial charge in [0.25, 0.3) is 0 Å². The SMILES string of the molecule is CCCCCC(CCCNC(N)=O)OC(C)=O. The first-order chi connectivity index (χ1) is 8.06. The number of primary amides is 1. The van der Waals surface area contributed by atoms with Gasteiger partial charge in [-0.1, -0.05) is 19.8 Å². The molecule has 0 radical (unpaired) electrons. The standard InChI is InChI=1S/C12H24N2O3/c1-3-4-5-7-11(17-10(2)15)8-6-9-14-12(13)16/h11H,3-9H2,1-2H3,(H3,13,14,16). The highest BCUT2D eigenvalue weighted by Crippen LogP contribution is 2.12. The first-order valence-electron chi connectivity index (χ1n) is 6.26. The van der Waals surface area contributed by atoms with Gasteiger partial charge in [-0.3, -0.25) is 4.79 Å². The number of urea groups is 1. The van der Waals surface area contributed by atoms with E-state index in [4.69, 9.17) is 10.5 Å². The Labute approximate surface area is 103 Å². The fourth-order valence-corrected chi connectivity index (χ4v) is 1.66. The van der Waals surface area contributed by atoms with Gasteiger partial charge in [0.1, 0.15) is 6.10 Å². The van der Waals surface area contributed by atoms with E-state index in [-0.39, 0.29) is 12.1 Å². The van der Waals surface area contributed by atoms with Gasteiger partial charge >= 0.3 is 12.0 Å². The number of ether oxygens (including phenoxy) is 1. The highest BCUT2D eigenvalue weighted by atomic mass is 16.5. The van der Waals surface area contributed by atoms with E-state index in [0.717, 1.165) is 38.5 Å². The second-order valence-electron chi connectivity index (χ2n) is 4.16. The molecule has 0 heterocycles. The highest BCUT2D eigenvalue weighted by molar-refractivity contribution is 5.71. The molecule has 5 heteroatoms. The molecule has 0 aromatic rings. The smallest absolute Gasteiger partial charge is 0.312 e. The van der Waals surface area contributed by atoms with Gasteiger partial charge in [-0.2, -0.15) is 0 Å². The molecule has 0 saturated heterocycles. The number of nitrogens with two attached hydrogens (primary N) is 1. The molecule has 3 N–H and O–H groups in total. The molecule has 0 aromatic carbocycles. The van der Waals surface area contributed by atoms with Crippen LogP contribution in [0.25, 0.3) is 0 Å². The predicted octanol–water partition coefficient (Wildman–Crippen LogP) is 1.95. The van der Waals surface area contributed by atoms with Gasteiger partial charge in [-0.15, -0.1) is 0 Å². The second kappa shape index (κ2) is 9.93. The zero-order valence-electron chi connectivity index (χ0n) is 10.8. The maximum Gasteiger partial charge on any atom is 0.312 e. The summed E-state index contributed by atoms with van der Waals surface area (Å²) in [7, 11) is 0. The molecular weight excluding hydrogens is 220 g/mol. The third-order valence-corrected chi connectivity index (χ3v) is 2.46.